The maximum absolute atomic E-state index is 10.8. The minimum absolute atomic E-state index is 0.0253. The van der Waals surface area contributed by atoms with Gasteiger partial charge < -0.3 is 14.9 Å². The molecule has 0 spiro atoms. The summed E-state index contributed by atoms with van der Waals surface area (Å²) in [4.78, 5) is 4.61. The van der Waals surface area contributed by atoms with Crippen molar-refractivity contribution in [3.63, 3.8) is 0 Å². The van der Waals surface area contributed by atoms with E-state index in [1.807, 2.05) is 5.38 Å². The number of thiazole rings is 1. The molecule has 1 heterocycles. The Morgan fingerprint density at radius 1 is 0.968 bits per heavy atom. The topological polar surface area (TPSA) is 62.6 Å². The molecular formula is C26H33NO3S. The molecule has 4 fully saturated rings. The first-order valence-corrected chi connectivity index (χ1v) is 13.1. The highest BCUT2D eigenvalue weighted by Gasteiger charge is 2.46. The number of nitrogens with zero attached hydrogens (tertiary/aromatic N) is 1. The first kappa shape index (κ1) is 20.2. The predicted octanol–water partition coefficient (Wildman–Crippen LogP) is 5.35. The van der Waals surface area contributed by atoms with Crippen LogP contribution in [0.15, 0.2) is 23.6 Å². The van der Waals surface area contributed by atoms with Crippen LogP contribution >= 0.6 is 11.3 Å². The van der Waals surface area contributed by atoms with Crippen LogP contribution in [0.5, 0.6) is 5.75 Å². The minimum Gasteiger partial charge on any atom is -0.493 e. The largest absolute Gasteiger partial charge is 0.493 e. The molecule has 4 aliphatic rings. The first-order valence-electron chi connectivity index (χ1n) is 12.2. The molecule has 4 saturated carbocycles. The summed E-state index contributed by atoms with van der Waals surface area (Å²) in [6.07, 6.45) is 9.36. The summed E-state index contributed by atoms with van der Waals surface area (Å²) in [5, 5.41) is 23.3. The van der Waals surface area contributed by atoms with Gasteiger partial charge in [0, 0.05) is 17.2 Å². The van der Waals surface area contributed by atoms with Crippen molar-refractivity contribution in [2.75, 3.05) is 6.61 Å². The molecule has 0 bridgehead atoms. The smallest absolute Gasteiger partial charge is 0.119 e. The summed E-state index contributed by atoms with van der Waals surface area (Å²) in [5.41, 5.74) is 3.90. The van der Waals surface area contributed by atoms with E-state index in [0.29, 0.717) is 24.4 Å². The SMILES string of the molecule is OCc1csc([C@H]2CC[C@H]3[C@@H](C2)C[C@H](O)[C@@H]3COc2ccc(C3CC3)c(C3CC3)c2)n1. The Morgan fingerprint density at radius 2 is 1.74 bits per heavy atom. The van der Waals surface area contributed by atoms with E-state index in [2.05, 4.69) is 23.2 Å². The second kappa shape index (κ2) is 8.17. The maximum atomic E-state index is 10.8. The highest BCUT2D eigenvalue weighted by Crippen LogP contribution is 2.52. The van der Waals surface area contributed by atoms with Crippen molar-refractivity contribution < 1.29 is 14.9 Å². The number of rotatable bonds is 7. The molecule has 5 atom stereocenters. The standard InChI is InChI=1S/C26H33NO3S/c28-12-19-14-31-26(27-19)17-5-7-22-18(9-17)10-25(29)24(22)13-30-20-6-8-21(15-1-2-15)23(11-20)16-3-4-16/h6,8,11,14-18,22,24-25,28-29H,1-5,7,9-10,12-13H2/t17-,18-,22-,24+,25-/m0/s1. The average molecular weight is 440 g/mol. The van der Waals surface area contributed by atoms with Gasteiger partial charge in [-0.15, -0.1) is 11.3 Å². The normalized spacial score (nSPS) is 32.8. The van der Waals surface area contributed by atoms with Gasteiger partial charge in [-0.2, -0.15) is 0 Å². The molecule has 0 amide bonds. The third-order valence-electron chi connectivity index (χ3n) is 8.25. The van der Waals surface area contributed by atoms with Crippen LogP contribution in [0.25, 0.3) is 0 Å². The Bertz CT molecular complexity index is 934. The zero-order valence-electron chi connectivity index (χ0n) is 18.1. The number of aliphatic hydroxyl groups excluding tert-OH is 2. The molecule has 0 aliphatic heterocycles. The Labute approximate surface area is 188 Å². The van der Waals surface area contributed by atoms with E-state index in [1.165, 1.54) is 36.3 Å². The third-order valence-corrected chi connectivity index (χ3v) is 9.30. The van der Waals surface area contributed by atoms with Crippen LogP contribution in [0.4, 0.5) is 0 Å². The Hall–Kier alpha value is -1.43. The zero-order chi connectivity index (χ0) is 20.9. The zero-order valence-corrected chi connectivity index (χ0v) is 18.9. The van der Waals surface area contributed by atoms with E-state index in [4.69, 9.17) is 4.74 Å². The molecule has 31 heavy (non-hydrogen) atoms. The van der Waals surface area contributed by atoms with Crippen LogP contribution in [0, 0.1) is 17.8 Å². The highest BCUT2D eigenvalue weighted by molar-refractivity contribution is 7.09. The number of aromatic nitrogens is 1. The Kier molecular flexibility index (Phi) is 5.32. The fraction of sp³-hybridized carbons (Fsp3) is 0.654. The van der Waals surface area contributed by atoms with Crippen molar-refractivity contribution in [3.05, 3.63) is 45.4 Å². The molecule has 6 rings (SSSR count). The maximum Gasteiger partial charge on any atom is 0.119 e. The molecule has 0 saturated heterocycles. The fourth-order valence-corrected chi connectivity index (χ4v) is 7.24. The molecule has 4 aliphatic carbocycles. The molecule has 0 unspecified atom stereocenters. The monoisotopic (exact) mass is 439 g/mol. The van der Waals surface area contributed by atoms with E-state index in [9.17, 15) is 10.2 Å². The molecule has 2 aromatic rings. The summed E-state index contributed by atoms with van der Waals surface area (Å²) in [7, 11) is 0. The van der Waals surface area contributed by atoms with Gasteiger partial charge in [-0.25, -0.2) is 4.98 Å². The van der Waals surface area contributed by atoms with Crippen LogP contribution in [0.3, 0.4) is 0 Å². The van der Waals surface area contributed by atoms with Gasteiger partial charge in [-0.05, 0) is 98.3 Å². The molecular weight excluding hydrogens is 406 g/mol. The molecule has 5 heteroatoms. The van der Waals surface area contributed by atoms with E-state index >= 15 is 0 Å². The van der Waals surface area contributed by atoms with Crippen molar-refractivity contribution in [3.8, 4) is 5.75 Å². The summed E-state index contributed by atoms with van der Waals surface area (Å²) in [6, 6.07) is 6.78. The summed E-state index contributed by atoms with van der Waals surface area (Å²) >= 11 is 1.68. The van der Waals surface area contributed by atoms with Crippen LogP contribution in [-0.2, 0) is 6.61 Å². The molecule has 4 nitrogen and oxygen atoms in total. The summed E-state index contributed by atoms with van der Waals surface area (Å²) < 4.78 is 6.31. The van der Waals surface area contributed by atoms with Gasteiger partial charge >= 0.3 is 0 Å². The van der Waals surface area contributed by atoms with Crippen LogP contribution in [0.2, 0.25) is 0 Å². The van der Waals surface area contributed by atoms with Gasteiger partial charge in [-0.1, -0.05) is 6.07 Å². The second-order valence-electron chi connectivity index (χ2n) is 10.4. The highest BCUT2D eigenvalue weighted by atomic mass is 32.1. The van der Waals surface area contributed by atoms with Crippen molar-refractivity contribution in [1.29, 1.82) is 0 Å². The quantitative estimate of drug-likeness (QED) is 0.610. The van der Waals surface area contributed by atoms with Crippen molar-refractivity contribution >= 4 is 11.3 Å². The van der Waals surface area contributed by atoms with Gasteiger partial charge in [-0.3, -0.25) is 0 Å². The van der Waals surface area contributed by atoms with Gasteiger partial charge in [0.2, 0.25) is 0 Å². The Balaban J connectivity index is 1.10. The molecule has 166 valence electrons. The second-order valence-corrected chi connectivity index (χ2v) is 11.3. The van der Waals surface area contributed by atoms with Crippen LogP contribution in [-0.4, -0.2) is 27.9 Å². The lowest BCUT2D eigenvalue weighted by atomic mass is 9.73. The molecule has 1 aromatic carbocycles. The van der Waals surface area contributed by atoms with E-state index in [0.717, 1.165) is 49.0 Å². The van der Waals surface area contributed by atoms with Gasteiger partial charge in [0.15, 0.2) is 0 Å². The lowest BCUT2D eigenvalue weighted by molar-refractivity contribution is 0.0740. The van der Waals surface area contributed by atoms with Crippen molar-refractivity contribution in [1.82, 2.24) is 4.98 Å². The lowest BCUT2D eigenvalue weighted by Crippen LogP contribution is -2.29. The average Bonchev–Trinajstić information content (AvgIpc) is 3.71. The van der Waals surface area contributed by atoms with E-state index < -0.39 is 0 Å². The van der Waals surface area contributed by atoms with Crippen molar-refractivity contribution in [2.45, 2.75) is 81.8 Å². The fourth-order valence-electron chi connectivity index (χ4n) is 6.28. The minimum atomic E-state index is -0.258. The number of fused-ring (bicyclic) bond motifs is 1. The summed E-state index contributed by atoms with van der Waals surface area (Å²) in [6.45, 7) is 0.656. The number of aliphatic hydroxyl groups is 2. The lowest BCUT2D eigenvalue weighted by Gasteiger charge is -2.33. The van der Waals surface area contributed by atoms with Crippen LogP contribution < -0.4 is 4.74 Å². The van der Waals surface area contributed by atoms with Crippen LogP contribution in [0.1, 0.15) is 90.9 Å². The molecule has 0 radical (unpaired) electrons. The van der Waals surface area contributed by atoms with Gasteiger partial charge in [0.05, 0.1) is 30.0 Å². The molecule has 1 aromatic heterocycles. The van der Waals surface area contributed by atoms with E-state index in [1.54, 1.807) is 16.9 Å². The van der Waals surface area contributed by atoms with Gasteiger partial charge in [0.25, 0.3) is 0 Å². The Morgan fingerprint density at radius 3 is 2.48 bits per heavy atom. The van der Waals surface area contributed by atoms with Crippen molar-refractivity contribution in [2.24, 2.45) is 17.8 Å². The van der Waals surface area contributed by atoms with Gasteiger partial charge in [0.1, 0.15) is 5.75 Å². The number of ether oxygens (including phenoxy) is 1. The predicted molar refractivity (Wildman–Crippen MR) is 122 cm³/mol. The number of benzene rings is 1. The third kappa shape index (κ3) is 4.05. The van der Waals surface area contributed by atoms with E-state index in [-0.39, 0.29) is 18.6 Å². The molecule has 2 N–H and O–H groups in total. The first-order chi connectivity index (χ1) is 15.2. The number of hydrogen-bond donors (Lipinski definition) is 2. The number of hydrogen-bond acceptors (Lipinski definition) is 5. The summed E-state index contributed by atoms with van der Waals surface area (Å²) in [5.74, 6) is 4.38.